The molecule has 0 aliphatic carbocycles. The van der Waals surface area contributed by atoms with Crippen molar-refractivity contribution in [2.24, 2.45) is 0 Å². The molecule has 1 aromatic heterocycles. The van der Waals surface area contributed by atoms with E-state index in [9.17, 15) is 27.5 Å². The van der Waals surface area contributed by atoms with Crippen LogP contribution in [0.4, 0.5) is 17.6 Å². The van der Waals surface area contributed by atoms with Gasteiger partial charge in [0.15, 0.2) is 0 Å². The van der Waals surface area contributed by atoms with Gasteiger partial charge in [0.1, 0.15) is 11.9 Å². The lowest BCUT2D eigenvalue weighted by molar-refractivity contribution is -0.137. The second-order valence-corrected chi connectivity index (χ2v) is 6.14. The third-order valence-electron chi connectivity index (χ3n) is 4.34. The number of aliphatic hydroxyl groups excluding tert-OH is 1. The average molecular weight is 368 g/mol. The first-order chi connectivity index (χ1) is 12.3. The van der Waals surface area contributed by atoms with Gasteiger partial charge in [-0.3, -0.25) is 9.78 Å². The van der Waals surface area contributed by atoms with Crippen LogP contribution in [-0.2, 0) is 6.18 Å². The van der Waals surface area contributed by atoms with Crippen LogP contribution in [0, 0.1) is 0 Å². The average Bonchev–Trinajstić information content (AvgIpc) is 3.01. The molecule has 0 bridgehead atoms. The highest BCUT2D eigenvalue weighted by Crippen LogP contribution is 2.32. The van der Waals surface area contributed by atoms with Crippen molar-refractivity contribution in [1.82, 2.24) is 9.88 Å². The van der Waals surface area contributed by atoms with Crippen LogP contribution in [0.1, 0.15) is 22.5 Å². The number of carbonyl (C=O) groups excluding carboxylic acids is 1. The highest BCUT2D eigenvalue weighted by Gasteiger charge is 2.36. The lowest BCUT2D eigenvalue weighted by atomic mass is 10.0. The van der Waals surface area contributed by atoms with Crippen LogP contribution in [0.5, 0.6) is 0 Å². The SMILES string of the molecule is O=C(c1cc(-c2cccc(C(F)(F)F)c2)ccn1)N1C[C@@H](F)C[C@H]1CO. The summed E-state index contributed by atoms with van der Waals surface area (Å²) >= 11 is 0. The van der Waals surface area contributed by atoms with Crippen molar-refractivity contribution in [1.29, 1.82) is 0 Å². The molecule has 8 heteroatoms. The maximum absolute atomic E-state index is 13.6. The van der Waals surface area contributed by atoms with Crippen molar-refractivity contribution in [2.45, 2.75) is 24.8 Å². The summed E-state index contributed by atoms with van der Waals surface area (Å²) in [4.78, 5) is 17.7. The number of nitrogens with zero attached hydrogens (tertiary/aromatic N) is 2. The molecule has 1 aliphatic rings. The van der Waals surface area contributed by atoms with E-state index < -0.39 is 29.9 Å². The first-order valence-electron chi connectivity index (χ1n) is 7.99. The molecule has 1 aromatic carbocycles. The number of amides is 1. The van der Waals surface area contributed by atoms with E-state index in [4.69, 9.17) is 0 Å². The molecular weight excluding hydrogens is 352 g/mol. The van der Waals surface area contributed by atoms with Crippen molar-refractivity contribution < 1.29 is 27.5 Å². The molecule has 0 unspecified atom stereocenters. The highest BCUT2D eigenvalue weighted by molar-refractivity contribution is 5.94. The third-order valence-corrected chi connectivity index (χ3v) is 4.34. The van der Waals surface area contributed by atoms with Crippen molar-refractivity contribution in [3.05, 3.63) is 53.9 Å². The Labute approximate surface area is 147 Å². The van der Waals surface area contributed by atoms with E-state index in [2.05, 4.69) is 4.98 Å². The standard InChI is InChI=1S/C18H16F4N2O2/c19-14-8-15(10-25)24(9-14)17(26)16-7-12(4-5-23-16)11-2-1-3-13(6-11)18(20,21)22/h1-7,14-15,25H,8-10H2/t14-,15-/m0/s1. The minimum absolute atomic E-state index is 0.00698. The van der Waals surface area contributed by atoms with Crippen LogP contribution in [-0.4, -0.2) is 46.3 Å². The van der Waals surface area contributed by atoms with Gasteiger partial charge in [0, 0.05) is 12.6 Å². The summed E-state index contributed by atoms with van der Waals surface area (Å²) in [5, 5.41) is 9.30. The lowest BCUT2D eigenvalue weighted by Crippen LogP contribution is -2.38. The molecule has 138 valence electrons. The van der Waals surface area contributed by atoms with E-state index in [1.165, 1.54) is 35.4 Å². The number of aromatic nitrogens is 1. The lowest BCUT2D eigenvalue weighted by Gasteiger charge is -2.22. The van der Waals surface area contributed by atoms with E-state index in [0.717, 1.165) is 12.1 Å². The third kappa shape index (κ3) is 3.70. The molecule has 1 N–H and O–H groups in total. The van der Waals surface area contributed by atoms with Crippen LogP contribution in [0.15, 0.2) is 42.6 Å². The van der Waals surface area contributed by atoms with Gasteiger partial charge in [-0.2, -0.15) is 13.2 Å². The van der Waals surface area contributed by atoms with Gasteiger partial charge in [-0.05, 0) is 35.4 Å². The van der Waals surface area contributed by atoms with E-state index in [1.54, 1.807) is 0 Å². The quantitative estimate of drug-likeness (QED) is 0.846. The van der Waals surface area contributed by atoms with Gasteiger partial charge in [-0.15, -0.1) is 0 Å². The van der Waals surface area contributed by atoms with Crippen LogP contribution in [0.3, 0.4) is 0 Å². The number of halogens is 4. The predicted octanol–water partition coefficient (Wildman–Crippen LogP) is 3.31. The highest BCUT2D eigenvalue weighted by atomic mass is 19.4. The molecule has 3 rings (SSSR count). The smallest absolute Gasteiger partial charge is 0.394 e. The van der Waals surface area contributed by atoms with Gasteiger partial charge >= 0.3 is 6.18 Å². The Kier molecular flexibility index (Phi) is 4.95. The number of likely N-dealkylation sites (tertiary alicyclic amines) is 1. The number of aliphatic hydroxyl groups is 1. The van der Waals surface area contributed by atoms with Crippen LogP contribution in [0.2, 0.25) is 0 Å². The fourth-order valence-corrected chi connectivity index (χ4v) is 3.03. The molecule has 1 amide bonds. The van der Waals surface area contributed by atoms with Gasteiger partial charge in [0.2, 0.25) is 0 Å². The Morgan fingerprint density at radius 3 is 2.65 bits per heavy atom. The second kappa shape index (κ2) is 7.03. The zero-order valence-corrected chi connectivity index (χ0v) is 13.6. The number of benzene rings is 1. The van der Waals surface area contributed by atoms with E-state index >= 15 is 0 Å². The van der Waals surface area contributed by atoms with Crippen LogP contribution < -0.4 is 0 Å². The summed E-state index contributed by atoms with van der Waals surface area (Å²) in [5.41, 5.74) is -0.113. The molecule has 2 aromatic rings. The number of pyridine rings is 1. The Balaban J connectivity index is 1.91. The summed E-state index contributed by atoms with van der Waals surface area (Å²) < 4.78 is 52.2. The summed E-state index contributed by atoms with van der Waals surface area (Å²) in [7, 11) is 0. The zero-order chi connectivity index (χ0) is 18.9. The van der Waals surface area contributed by atoms with Crippen molar-refractivity contribution in [2.75, 3.05) is 13.2 Å². The van der Waals surface area contributed by atoms with Crippen LogP contribution in [0.25, 0.3) is 11.1 Å². The zero-order valence-electron chi connectivity index (χ0n) is 13.6. The molecule has 2 heterocycles. The molecule has 1 fully saturated rings. The van der Waals surface area contributed by atoms with Gasteiger partial charge in [-0.25, -0.2) is 4.39 Å². The molecule has 0 spiro atoms. The number of alkyl halides is 4. The first kappa shape index (κ1) is 18.3. The molecule has 26 heavy (non-hydrogen) atoms. The summed E-state index contributed by atoms with van der Waals surface area (Å²) in [6, 6.07) is 6.99. The molecular formula is C18H16F4N2O2. The number of rotatable bonds is 3. The first-order valence-corrected chi connectivity index (χ1v) is 7.99. The second-order valence-electron chi connectivity index (χ2n) is 6.14. The van der Waals surface area contributed by atoms with Crippen molar-refractivity contribution in [3.8, 4) is 11.1 Å². The monoisotopic (exact) mass is 368 g/mol. The summed E-state index contributed by atoms with van der Waals surface area (Å²) in [6.45, 7) is -0.501. The Morgan fingerprint density at radius 1 is 1.23 bits per heavy atom. The van der Waals surface area contributed by atoms with Gasteiger partial charge in [0.25, 0.3) is 5.91 Å². The normalized spacial score (nSPS) is 20.4. The fourth-order valence-electron chi connectivity index (χ4n) is 3.03. The maximum atomic E-state index is 13.6. The fraction of sp³-hybridized carbons (Fsp3) is 0.333. The predicted molar refractivity (Wildman–Crippen MR) is 86.1 cm³/mol. The number of hydrogen-bond acceptors (Lipinski definition) is 3. The van der Waals surface area contributed by atoms with E-state index in [1.807, 2.05) is 0 Å². The molecule has 1 saturated heterocycles. The minimum Gasteiger partial charge on any atom is -0.394 e. The van der Waals surface area contributed by atoms with Gasteiger partial charge < -0.3 is 10.0 Å². The molecule has 0 saturated carbocycles. The van der Waals surface area contributed by atoms with E-state index in [-0.39, 0.29) is 25.3 Å². The Morgan fingerprint density at radius 2 is 1.96 bits per heavy atom. The Bertz CT molecular complexity index is 810. The molecule has 1 aliphatic heterocycles. The topological polar surface area (TPSA) is 53.4 Å². The summed E-state index contributed by atoms with van der Waals surface area (Å²) in [6.07, 6.45) is -4.32. The Hall–Kier alpha value is -2.48. The minimum atomic E-state index is -4.47. The largest absolute Gasteiger partial charge is 0.416 e. The van der Waals surface area contributed by atoms with Crippen molar-refractivity contribution >= 4 is 5.91 Å². The summed E-state index contributed by atoms with van der Waals surface area (Å²) in [5.74, 6) is -0.557. The molecule has 2 atom stereocenters. The van der Waals surface area contributed by atoms with E-state index in [0.29, 0.717) is 11.1 Å². The molecule has 4 nitrogen and oxygen atoms in total. The van der Waals surface area contributed by atoms with Gasteiger partial charge in [0.05, 0.1) is 24.8 Å². The maximum Gasteiger partial charge on any atom is 0.416 e. The number of hydrogen-bond donors (Lipinski definition) is 1. The van der Waals surface area contributed by atoms with Gasteiger partial charge in [-0.1, -0.05) is 12.1 Å². The number of carbonyl (C=O) groups is 1. The molecule has 0 radical (unpaired) electrons. The van der Waals surface area contributed by atoms with Crippen LogP contribution >= 0.6 is 0 Å². The van der Waals surface area contributed by atoms with Crippen molar-refractivity contribution in [3.63, 3.8) is 0 Å².